The summed E-state index contributed by atoms with van der Waals surface area (Å²) < 4.78 is 2.01. The van der Waals surface area contributed by atoms with E-state index in [1.165, 1.54) is 0 Å². The van der Waals surface area contributed by atoms with Crippen molar-refractivity contribution in [3.63, 3.8) is 0 Å². The van der Waals surface area contributed by atoms with Crippen LogP contribution in [0.4, 0.5) is 5.69 Å². The van der Waals surface area contributed by atoms with Crippen molar-refractivity contribution in [2.75, 3.05) is 11.9 Å². The van der Waals surface area contributed by atoms with E-state index in [0.717, 1.165) is 24.5 Å². The Morgan fingerprint density at radius 1 is 1.24 bits per heavy atom. The van der Waals surface area contributed by atoms with Crippen molar-refractivity contribution in [1.29, 1.82) is 0 Å². The molecule has 1 heterocycles. The number of aryl methyl sites for hydroxylation is 1. The Morgan fingerprint density at radius 3 is 2.53 bits per heavy atom. The zero-order chi connectivity index (χ0) is 12.3. The lowest BCUT2D eigenvalue weighted by Crippen LogP contribution is -2.08. The number of imidazole rings is 1. The van der Waals surface area contributed by atoms with Crippen molar-refractivity contribution in [2.45, 2.75) is 6.42 Å². The third-order valence-corrected chi connectivity index (χ3v) is 2.90. The number of halogens is 2. The smallest absolute Gasteiger partial charge is 0.110 e. The maximum atomic E-state index is 5.91. The third kappa shape index (κ3) is 3.38. The maximum absolute atomic E-state index is 5.91. The van der Waals surface area contributed by atoms with Crippen molar-refractivity contribution in [3.8, 4) is 0 Å². The van der Waals surface area contributed by atoms with Crippen LogP contribution >= 0.6 is 23.2 Å². The van der Waals surface area contributed by atoms with E-state index in [2.05, 4.69) is 10.3 Å². The molecule has 0 saturated carbocycles. The molecule has 0 aliphatic carbocycles. The van der Waals surface area contributed by atoms with Gasteiger partial charge in [-0.3, -0.25) is 0 Å². The first-order chi connectivity index (χ1) is 8.15. The molecule has 0 spiro atoms. The zero-order valence-electron chi connectivity index (χ0n) is 9.45. The minimum atomic E-state index is 0.636. The molecular weight excluding hydrogens is 257 g/mol. The van der Waals surface area contributed by atoms with Gasteiger partial charge >= 0.3 is 0 Å². The van der Waals surface area contributed by atoms with Gasteiger partial charge in [0.25, 0.3) is 0 Å². The molecule has 17 heavy (non-hydrogen) atoms. The van der Waals surface area contributed by atoms with Gasteiger partial charge in [-0.1, -0.05) is 23.2 Å². The summed E-state index contributed by atoms with van der Waals surface area (Å²) in [6.07, 6.45) is 4.59. The van der Waals surface area contributed by atoms with Gasteiger partial charge < -0.3 is 9.88 Å². The molecule has 0 saturated heterocycles. The van der Waals surface area contributed by atoms with Gasteiger partial charge in [-0.2, -0.15) is 0 Å². The van der Waals surface area contributed by atoms with Crippen molar-refractivity contribution in [3.05, 3.63) is 46.5 Å². The Kier molecular flexibility index (Phi) is 3.92. The summed E-state index contributed by atoms with van der Waals surface area (Å²) in [6.45, 7) is 0.793. The third-order valence-electron chi connectivity index (χ3n) is 2.46. The second kappa shape index (κ2) is 5.43. The van der Waals surface area contributed by atoms with Crippen molar-refractivity contribution >= 4 is 28.9 Å². The molecule has 2 aromatic rings. The average molecular weight is 270 g/mol. The summed E-state index contributed by atoms with van der Waals surface area (Å²) in [6, 6.07) is 5.42. The van der Waals surface area contributed by atoms with Gasteiger partial charge in [-0.25, -0.2) is 4.98 Å². The van der Waals surface area contributed by atoms with E-state index < -0.39 is 0 Å². The van der Waals surface area contributed by atoms with Crippen molar-refractivity contribution < 1.29 is 0 Å². The first kappa shape index (κ1) is 12.3. The van der Waals surface area contributed by atoms with Crippen LogP contribution in [0.15, 0.2) is 30.6 Å². The number of nitrogens with one attached hydrogen (secondary N) is 1. The molecule has 0 atom stereocenters. The standard InChI is InChI=1S/C12H13Cl2N3/c1-17-5-4-16-12(17)2-3-15-11-7-9(13)6-10(14)8-11/h4-8,15H,2-3H2,1H3. The SMILES string of the molecule is Cn1ccnc1CCNc1cc(Cl)cc(Cl)c1. The second-order valence-corrected chi connectivity index (χ2v) is 4.66. The average Bonchev–Trinajstić information content (AvgIpc) is 2.63. The maximum Gasteiger partial charge on any atom is 0.110 e. The topological polar surface area (TPSA) is 29.9 Å². The van der Waals surface area contributed by atoms with Crippen LogP contribution in [0.25, 0.3) is 0 Å². The molecule has 5 heteroatoms. The first-order valence-electron chi connectivity index (χ1n) is 5.31. The lowest BCUT2D eigenvalue weighted by molar-refractivity contribution is 0.790. The van der Waals surface area contributed by atoms with E-state index in [9.17, 15) is 0 Å². The lowest BCUT2D eigenvalue weighted by atomic mass is 10.3. The molecule has 0 unspecified atom stereocenters. The van der Waals surface area contributed by atoms with E-state index in [4.69, 9.17) is 23.2 Å². The summed E-state index contributed by atoms with van der Waals surface area (Å²) in [7, 11) is 1.98. The molecule has 0 amide bonds. The van der Waals surface area contributed by atoms with E-state index in [1.54, 1.807) is 12.3 Å². The molecule has 0 radical (unpaired) electrons. The Hall–Kier alpha value is -1.19. The van der Waals surface area contributed by atoms with Crippen LogP contribution in [0.3, 0.4) is 0 Å². The quantitative estimate of drug-likeness (QED) is 0.923. The first-order valence-corrected chi connectivity index (χ1v) is 6.07. The molecule has 0 aliphatic rings. The predicted molar refractivity (Wildman–Crippen MR) is 71.9 cm³/mol. The summed E-state index contributed by atoms with van der Waals surface area (Å²) in [5.74, 6) is 1.05. The minimum absolute atomic E-state index is 0.636. The molecule has 1 aromatic heterocycles. The van der Waals surface area contributed by atoms with Crippen LogP contribution in [0, 0.1) is 0 Å². The summed E-state index contributed by atoms with van der Waals surface area (Å²) in [5.41, 5.74) is 0.928. The monoisotopic (exact) mass is 269 g/mol. The van der Waals surface area contributed by atoms with Gasteiger partial charge in [0.2, 0.25) is 0 Å². The molecule has 0 fully saturated rings. The van der Waals surface area contributed by atoms with Crippen molar-refractivity contribution in [2.24, 2.45) is 7.05 Å². The fourth-order valence-electron chi connectivity index (χ4n) is 1.61. The number of hydrogen-bond acceptors (Lipinski definition) is 2. The Bertz CT molecular complexity index is 488. The van der Waals surface area contributed by atoms with Crippen LogP contribution < -0.4 is 5.32 Å². The number of rotatable bonds is 4. The Morgan fingerprint density at radius 2 is 1.94 bits per heavy atom. The molecule has 1 N–H and O–H groups in total. The molecule has 90 valence electrons. The van der Waals surface area contributed by atoms with Gasteiger partial charge in [0, 0.05) is 48.1 Å². The number of benzene rings is 1. The highest BCUT2D eigenvalue weighted by Gasteiger charge is 2.00. The van der Waals surface area contributed by atoms with Crippen molar-refractivity contribution in [1.82, 2.24) is 9.55 Å². The number of aromatic nitrogens is 2. The zero-order valence-corrected chi connectivity index (χ0v) is 11.0. The Labute approximate surface area is 110 Å². The van der Waals surface area contributed by atoms with E-state index in [1.807, 2.05) is 29.9 Å². The van der Waals surface area contributed by atoms with E-state index >= 15 is 0 Å². The lowest BCUT2D eigenvalue weighted by Gasteiger charge is -2.07. The Balaban J connectivity index is 1.92. The number of hydrogen-bond donors (Lipinski definition) is 1. The van der Waals surface area contributed by atoms with Gasteiger partial charge in [0.05, 0.1) is 0 Å². The minimum Gasteiger partial charge on any atom is -0.385 e. The van der Waals surface area contributed by atoms with Crippen LogP contribution in [0.1, 0.15) is 5.82 Å². The largest absolute Gasteiger partial charge is 0.385 e. The summed E-state index contributed by atoms with van der Waals surface area (Å²) in [5, 5.41) is 4.54. The van der Waals surface area contributed by atoms with Gasteiger partial charge in [-0.05, 0) is 18.2 Å². The molecular formula is C12H13Cl2N3. The molecule has 2 rings (SSSR count). The molecule has 0 bridgehead atoms. The van der Waals surface area contributed by atoms with Crippen LogP contribution in [-0.4, -0.2) is 16.1 Å². The van der Waals surface area contributed by atoms with Gasteiger partial charge in [-0.15, -0.1) is 0 Å². The highest BCUT2D eigenvalue weighted by atomic mass is 35.5. The molecule has 0 aliphatic heterocycles. The fraction of sp³-hybridized carbons (Fsp3) is 0.250. The second-order valence-electron chi connectivity index (χ2n) is 3.79. The van der Waals surface area contributed by atoms with E-state index in [0.29, 0.717) is 10.0 Å². The molecule has 1 aromatic carbocycles. The normalized spacial score (nSPS) is 10.5. The van der Waals surface area contributed by atoms with Crippen LogP contribution in [0.5, 0.6) is 0 Å². The van der Waals surface area contributed by atoms with Gasteiger partial charge in [0.1, 0.15) is 5.82 Å². The predicted octanol–water partition coefficient (Wildman–Crippen LogP) is 3.38. The number of nitrogens with zero attached hydrogens (tertiary/aromatic N) is 2. The number of anilines is 1. The van der Waals surface area contributed by atoms with Gasteiger partial charge in [0.15, 0.2) is 0 Å². The fourth-order valence-corrected chi connectivity index (χ4v) is 2.14. The van der Waals surface area contributed by atoms with Crippen LogP contribution in [0.2, 0.25) is 10.0 Å². The molecule has 3 nitrogen and oxygen atoms in total. The highest BCUT2D eigenvalue weighted by Crippen LogP contribution is 2.22. The van der Waals surface area contributed by atoms with E-state index in [-0.39, 0.29) is 0 Å². The summed E-state index contributed by atoms with van der Waals surface area (Å²) >= 11 is 11.8. The van der Waals surface area contributed by atoms with Crippen LogP contribution in [-0.2, 0) is 13.5 Å². The summed E-state index contributed by atoms with van der Waals surface area (Å²) in [4.78, 5) is 4.25. The highest BCUT2D eigenvalue weighted by molar-refractivity contribution is 6.35.